The lowest BCUT2D eigenvalue weighted by molar-refractivity contribution is -0.133. The maximum Gasteiger partial charge on any atom is 0.244 e. The second kappa shape index (κ2) is 11.7. The lowest BCUT2D eigenvalue weighted by atomic mass is 10.1. The average molecular weight is 535 g/mol. The fraction of sp³-hybridized carbons (Fsp3) is 0.448. The van der Waals surface area contributed by atoms with Gasteiger partial charge in [0.15, 0.2) is 0 Å². The van der Waals surface area contributed by atoms with Crippen LogP contribution in [-0.4, -0.2) is 62.6 Å². The Bertz CT molecular complexity index is 1290. The van der Waals surface area contributed by atoms with E-state index in [9.17, 15) is 9.59 Å². The summed E-state index contributed by atoms with van der Waals surface area (Å²) in [5.41, 5.74) is 2.98. The third-order valence-electron chi connectivity index (χ3n) is 7.28. The third kappa shape index (κ3) is 6.42. The van der Waals surface area contributed by atoms with Gasteiger partial charge in [0.05, 0.1) is 5.69 Å². The number of nitrogens with zero attached hydrogens (tertiary/aromatic N) is 6. The molecular formula is C29H35ClN6O2. The first kappa shape index (κ1) is 26.4. The van der Waals surface area contributed by atoms with Crippen LogP contribution in [0, 0.1) is 19.8 Å². The molecule has 1 saturated carbocycles. The van der Waals surface area contributed by atoms with E-state index in [-0.39, 0.29) is 24.3 Å². The first-order valence-corrected chi connectivity index (χ1v) is 13.8. The minimum atomic E-state index is -0.0297. The molecule has 0 N–H and O–H groups in total. The fourth-order valence-corrected chi connectivity index (χ4v) is 5.25. The van der Waals surface area contributed by atoms with Gasteiger partial charge in [0.1, 0.15) is 18.2 Å². The van der Waals surface area contributed by atoms with Crippen molar-refractivity contribution in [3.63, 3.8) is 0 Å². The molecule has 9 heteroatoms. The molecule has 8 nitrogen and oxygen atoms in total. The summed E-state index contributed by atoms with van der Waals surface area (Å²) in [6.45, 7) is 7.74. The summed E-state index contributed by atoms with van der Waals surface area (Å²) in [6.07, 6.45) is 2.71. The smallest absolute Gasteiger partial charge is 0.244 e. The Labute approximate surface area is 229 Å². The zero-order valence-corrected chi connectivity index (χ0v) is 22.9. The Morgan fingerprint density at radius 1 is 1.00 bits per heavy atom. The normalized spacial score (nSPS) is 17.1. The summed E-state index contributed by atoms with van der Waals surface area (Å²) >= 11 is 6.44. The first-order chi connectivity index (χ1) is 18.4. The van der Waals surface area contributed by atoms with Crippen molar-refractivity contribution < 1.29 is 9.59 Å². The number of anilines is 1. The molecule has 2 heterocycles. The monoisotopic (exact) mass is 534 g/mol. The van der Waals surface area contributed by atoms with Crippen LogP contribution in [0.4, 0.5) is 5.69 Å². The quantitative estimate of drug-likeness (QED) is 0.490. The van der Waals surface area contributed by atoms with Gasteiger partial charge >= 0.3 is 0 Å². The summed E-state index contributed by atoms with van der Waals surface area (Å²) in [7, 11) is 0. The average Bonchev–Trinajstić information content (AvgIpc) is 3.70. The zero-order chi connectivity index (χ0) is 26.6. The standard InChI is InChI=1S/C29H35ClN6O2/c1-21-31-22(2)36(32-21)20-28(37)34-16-15-33(18-23-7-4-3-5-8-23)13-6-14-35(29(38)24-9-10-24)27-17-26(30)12-11-25(27)19-34/h3-5,7-8,11-12,17,24H,6,9-10,13-16,18-20H2,1-2H3. The van der Waals surface area contributed by atoms with E-state index < -0.39 is 0 Å². The van der Waals surface area contributed by atoms with Crippen LogP contribution in [0.1, 0.15) is 42.0 Å². The van der Waals surface area contributed by atoms with Crippen molar-refractivity contribution >= 4 is 29.1 Å². The van der Waals surface area contributed by atoms with Gasteiger partial charge in [0, 0.05) is 50.2 Å². The van der Waals surface area contributed by atoms with Crippen LogP contribution in [0.3, 0.4) is 0 Å². The van der Waals surface area contributed by atoms with Crippen LogP contribution < -0.4 is 4.90 Å². The van der Waals surface area contributed by atoms with Crippen molar-refractivity contribution in [3.8, 4) is 0 Å². The highest BCUT2D eigenvalue weighted by Crippen LogP contribution is 2.35. The Morgan fingerprint density at radius 3 is 2.50 bits per heavy atom. The molecule has 0 radical (unpaired) electrons. The molecular weight excluding hydrogens is 500 g/mol. The minimum absolute atomic E-state index is 0.0297. The van der Waals surface area contributed by atoms with E-state index in [2.05, 4.69) is 39.2 Å². The van der Waals surface area contributed by atoms with Crippen molar-refractivity contribution in [2.45, 2.75) is 52.7 Å². The van der Waals surface area contributed by atoms with Gasteiger partial charge in [-0.2, -0.15) is 5.10 Å². The van der Waals surface area contributed by atoms with E-state index in [0.717, 1.165) is 50.1 Å². The summed E-state index contributed by atoms with van der Waals surface area (Å²) in [6, 6.07) is 16.1. The number of carbonyl (C=O) groups is 2. The van der Waals surface area contributed by atoms with Crippen LogP contribution in [-0.2, 0) is 29.2 Å². The molecule has 0 saturated heterocycles. The Morgan fingerprint density at radius 2 is 1.79 bits per heavy atom. The van der Waals surface area contributed by atoms with Gasteiger partial charge in [0.2, 0.25) is 11.8 Å². The van der Waals surface area contributed by atoms with Crippen molar-refractivity contribution in [1.82, 2.24) is 24.6 Å². The van der Waals surface area contributed by atoms with Gasteiger partial charge in [-0.1, -0.05) is 48.0 Å². The molecule has 0 spiro atoms. The number of benzene rings is 2. The van der Waals surface area contributed by atoms with E-state index in [1.807, 2.05) is 47.9 Å². The number of fused-ring (bicyclic) bond motifs is 1. The highest BCUT2D eigenvalue weighted by molar-refractivity contribution is 6.31. The molecule has 1 fully saturated rings. The zero-order valence-electron chi connectivity index (χ0n) is 22.1. The van der Waals surface area contributed by atoms with Gasteiger partial charge in [-0.25, -0.2) is 9.67 Å². The van der Waals surface area contributed by atoms with Gasteiger partial charge in [-0.15, -0.1) is 0 Å². The molecule has 0 atom stereocenters. The topological polar surface area (TPSA) is 74.6 Å². The highest BCUT2D eigenvalue weighted by Gasteiger charge is 2.35. The predicted octanol–water partition coefficient (Wildman–Crippen LogP) is 4.23. The molecule has 0 bridgehead atoms. The molecule has 1 aliphatic heterocycles. The number of halogens is 1. The Balaban J connectivity index is 1.46. The number of aromatic nitrogens is 3. The van der Waals surface area contributed by atoms with Gasteiger partial charge < -0.3 is 9.80 Å². The number of hydrogen-bond acceptors (Lipinski definition) is 5. The van der Waals surface area contributed by atoms with Crippen molar-refractivity contribution in [1.29, 1.82) is 0 Å². The summed E-state index contributed by atoms with van der Waals surface area (Å²) in [4.78, 5) is 37.6. The molecule has 38 heavy (non-hydrogen) atoms. The first-order valence-electron chi connectivity index (χ1n) is 13.4. The van der Waals surface area contributed by atoms with Crippen LogP contribution in [0.5, 0.6) is 0 Å². The summed E-state index contributed by atoms with van der Waals surface area (Å²) < 4.78 is 1.66. The predicted molar refractivity (Wildman–Crippen MR) is 148 cm³/mol. The highest BCUT2D eigenvalue weighted by atomic mass is 35.5. The molecule has 2 aliphatic rings. The fourth-order valence-electron chi connectivity index (χ4n) is 5.08. The number of hydrogen-bond donors (Lipinski definition) is 0. The van der Waals surface area contributed by atoms with E-state index in [1.54, 1.807) is 4.68 Å². The largest absolute Gasteiger partial charge is 0.335 e. The second-order valence-corrected chi connectivity index (χ2v) is 10.8. The Kier molecular flexibility index (Phi) is 8.09. The third-order valence-corrected chi connectivity index (χ3v) is 7.52. The van der Waals surface area contributed by atoms with Crippen LogP contribution in [0.15, 0.2) is 48.5 Å². The Hall–Kier alpha value is -3.23. The summed E-state index contributed by atoms with van der Waals surface area (Å²) in [5, 5.41) is 4.99. The lowest BCUT2D eigenvalue weighted by Gasteiger charge is -2.28. The maximum atomic E-state index is 13.7. The molecule has 3 aromatic rings. The number of aryl methyl sites for hydroxylation is 2. The van der Waals surface area contributed by atoms with Crippen molar-refractivity contribution in [2.24, 2.45) is 5.92 Å². The van der Waals surface area contributed by atoms with E-state index >= 15 is 0 Å². The molecule has 2 aromatic carbocycles. The maximum absolute atomic E-state index is 13.7. The molecule has 0 unspecified atom stereocenters. The lowest BCUT2D eigenvalue weighted by Crippen LogP contribution is -2.40. The molecule has 1 aromatic heterocycles. The van der Waals surface area contributed by atoms with E-state index in [1.165, 1.54) is 5.56 Å². The van der Waals surface area contributed by atoms with E-state index in [4.69, 9.17) is 11.6 Å². The van der Waals surface area contributed by atoms with Gasteiger partial charge in [-0.3, -0.25) is 14.5 Å². The second-order valence-electron chi connectivity index (χ2n) is 10.3. The van der Waals surface area contributed by atoms with Crippen LogP contribution in [0.2, 0.25) is 5.02 Å². The number of rotatable bonds is 5. The number of amides is 2. The molecule has 200 valence electrons. The van der Waals surface area contributed by atoms with Crippen molar-refractivity contribution in [3.05, 3.63) is 76.3 Å². The van der Waals surface area contributed by atoms with Crippen LogP contribution in [0.25, 0.3) is 0 Å². The van der Waals surface area contributed by atoms with Crippen LogP contribution >= 0.6 is 11.6 Å². The molecule has 1 aliphatic carbocycles. The van der Waals surface area contributed by atoms with Gasteiger partial charge in [-0.05, 0) is 56.4 Å². The molecule has 2 amide bonds. The number of carbonyl (C=O) groups excluding carboxylic acids is 2. The minimum Gasteiger partial charge on any atom is -0.335 e. The SMILES string of the molecule is Cc1nc(C)n(CC(=O)N2CCN(Cc3ccccc3)CCCN(C(=O)C3CC3)c3cc(Cl)ccc3C2)n1. The van der Waals surface area contributed by atoms with Gasteiger partial charge in [0.25, 0.3) is 0 Å². The molecule has 5 rings (SSSR count). The van der Waals surface area contributed by atoms with E-state index in [0.29, 0.717) is 36.3 Å². The van der Waals surface area contributed by atoms with Crippen molar-refractivity contribution in [2.75, 3.05) is 31.1 Å². The summed E-state index contributed by atoms with van der Waals surface area (Å²) in [5.74, 6) is 1.58.